The zero-order valence-corrected chi connectivity index (χ0v) is 9.87. The third-order valence-corrected chi connectivity index (χ3v) is 2.77. The number of aromatic nitrogens is 3. The molecule has 0 aliphatic heterocycles. The van der Waals surface area contributed by atoms with Gasteiger partial charge < -0.3 is 10.5 Å². The van der Waals surface area contributed by atoms with E-state index in [-0.39, 0.29) is 0 Å². The fraction of sp³-hybridized carbons (Fsp3) is 0.0769. The molecule has 0 bridgehead atoms. The minimum Gasteiger partial charge on any atom is -0.495 e. The van der Waals surface area contributed by atoms with Crippen LogP contribution in [0.5, 0.6) is 5.75 Å². The topological polar surface area (TPSA) is 66.0 Å². The normalized spacial score (nSPS) is 10.7. The van der Waals surface area contributed by atoms with Crippen LogP contribution in [0, 0.1) is 0 Å². The Kier molecular flexibility index (Phi) is 2.37. The lowest BCUT2D eigenvalue weighted by Gasteiger charge is -2.05. The van der Waals surface area contributed by atoms with Crippen molar-refractivity contribution in [2.75, 3.05) is 12.8 Å². The number of nitrogen functional groups attached to an aromatic ring is 1. The first-order chi connectivity index (χ1) is 8.78. The van der Waals surface area contributed by atoms with Crippen molar-refractivity contribution < 1.29 is 4.74 Å². The number of nitrogens with two attached hydrogens (primary N) is 1. The highest BCUT2D eigenvalue weighted by Crippen LogP contribution is 2.22. The number of fused-ring (bicyclic) bond motifs is 1. The number of benzene rings is 1. The maximum Gasteiger partial charge on any atom is 0.139 e. The molecule has 90 valence electrons. The molecule has 18 heavy (non-hydrogen) atoms. The Hall–Kier alpha value is -2.56. The summed E-state index contributed by atoms with van der Waals surface area (Å²) in [6, 6.07) is 7.57. The first kappa shape index (κ1) is 10.6. The highest BCUT2D eigenvalue weighted by atomic mass is 16.5. The number of pyridine rings is 1. The first-order valence-corrected chi connectivity index (χ1v) is 5.50. The van der Waals surface area contributed by atoms with E-state index in [0.717, 1.165) is 16.6 Å². The zero-order valence-electron chi connectivity index (χ0n) is 9.87. The van der Waals surface area contributed by atoms with Crippen LogP contribution in [0.15, 0.2) is 42.9 Å². The van der Waals surface area contributed by atoms with Crippen molar-refractivity contribution in [2.45, 2.75) is 0 Å². The molecule has 5 nitrogen and oxygen atoms in total. The maximum absolute atomic E-state index is 5.80. The molecule has 5 heteroatoms. The Morgan fingerprint density at radius 3 is 2.89 bits per heavy atom. The number of anilines is 1. The Morgan fingerprint density at radius 1 is 1.17 bits per heavy atom. The van der Waals surface area contributed by atoms with Gasteiger partial charge in [-0.2, -0.15) is 5.10 Å². The molecule has 2 aromatic heterocycles. The van der Waals surface area contributed by atoms with Crippen LogP contribution in [0.25, 0.3) is 16.6 Å². The number of hydrogen-bond donors (Lipinski definition) is 1. The fourth-order valence-corrected chi connectivity index (χ4v) is 1.88. The number of hydrogen-bond acceptors (Lipinski definition) is 4. The third-order valence-electron chi connectivity index (χ3n) is 2.77. The average molecular weight is 240 g/mol. The highest BCUT2D eigenvalue weighted by molar-refractivity contribution is 5.83. The molecule has 0 saturated heterocycles. The summed E-state index contributed by atoms with van der Waals surface area (Å²) in [6.07, 6.45) is 5.19. The molecule has 0 unspecified atom stereocenters. The Morgan fingerprint density at radius 2 is 2.06 bits per heavy atom. The third kappa shape index (κ3) is 1.66. The Bertz CT molecular complexity index is 705. The van der Waals surface area contributed by atoms with E-state index in [1.54, 1.807) is 30.4 Å². The van der Waals surface area contributed by atoms with E-state index in [4.69, 9.17) is 10.5 Å². The van der Waals surface area contributed by atoms with Gasteiger partial charge in [0.2, 0.25) is 0 Å². The molecule has 2 heterocycles. The van der Waals surface area contributed by atoms with Crippen LogP contribution < -0.4 is 10.5 Å². The van der Waals surface area contributed by atoms with Gasteiger partial charge in [-0.25, -0.2) is 4.68 Å². The van der Waals surface area contributed by atoms with Crippen molar-refractivity contribution in [2.24, 2.45) is 0 Å². The molecule has 3 rings (SSSR count). The average Bonchev–Trinajstić information content (AvgIpc) is 2.81. The number of rotatable bonds is 2. The molecule has 0 amide bonds. The van der Waals surface area contributed by atoms with Crippen molar-refractivity contribution in [3.63, 3.8) is 0 Å². The summed E-state index contributed by atoms with van der Waals surface area (Å²) in [5.74, 6) is 0.694. The van der Waals surface area contributed by atoms with Crippen LogP contribution in [0.3, 0.4) is 0 Å². The molecule has 0 saturated carbocycles. The molecule has 1 aromatic carbocycles. The van der Waals surface area contributed by atoms with Gasteiger partial charge in [0.25, 0.3) is 0 Å². The number of nitrogens with zero attached hydrogens (tertiary/aromatic N) is 3. The Labute approximate surface area is 104 Å². The van der Waals surface area contributed by atoms with Crippen LogP contribution in [-0.4, -0.2) is 21.9 Å². The fourth-order valence-electron chi connectivity index (χ4n) is 1.88. The first-order valence-electron chi connectivity index (χ1n) is 5.50. The van der Waals surface area contributed by atoms with Gasteiger partial charge in [-0.3, -0.25) is 4.98 Å². The summed E-state index contributed by atoms with van der Waals surface area (Å²) in [7, 11) is 1.61. The zero-order chi connectivity index (χ0) is 12.5. The van der Waals surface area contributed by atoms with E-state index in [2.05, 4.69) is 10.1 Å². The standard InChI is InChI=1S/C13H12N4O/c1-18-12-5-11(7-15-8-12)17-13-4-10(14)3-2-9(13)6-16-17/h2-8H,14H2,1H3. The lowest BCUT2D eigenvalue weighted by molar-refractivity contribution is 0.412. The molecular formula is C13H12N4O. The van der Waals surface area contributed by atoms with Gasteiger partial charge in [-0.15, -0.1) is 0 Å². The van der Waals surface area contributed by atoms with Gasteiger partial charge in [-0.1, -0.05) is 0 Å². The van der Waals surface area contributed by atoms with Crippen LogP contribution in [0.1, 0.15) is 0 Å². The lowest BCUT2D eigenvalue weighted by atomic mass is 10.2. The van der Waals surface area contributed by atoms with E-state index < -0.39 is 0 Å². The molecule has 0 spiro atoms. The van der Waals surface area contributed by atoms with Crippen LogP contribution in [-0.2, 0) is 0 Å². The summed E-state index contributed by atoms with van der Waals surface area (Å²) >= 11 is 0. The minimum atomic E-state index is 0.694. The summed E-state index contributed by atoms with van der Waals surface area (Å²) in [4.78, 5) is 4.12. The van der Waals surface area contributed by atoms with E-state index in [1.807, 2.05) is 24.3 Å². The van der Waals surface area contributed by atoms with Crippen molar-refractivity contribution >= 4 is 16.6 Å². The highest BCUT2D eigenvalue weighted by Gasteiger charge is 2.06. The van der Waals surface area contributed by atoms with Gasteiger partial charge in [-0.05, 0) is 18.2 Å². The maximum atomic E-state index is 5.80. The number of methoxy groups -OCH3 is 1. The molecule has 0 fully saturated rings. The van der Waals surface area contributed by atoms with E-state index in [9.17, 15) is 0 Å². The summed E-state index contributed by atoms with van der Waals surface area (Å²) in [5, 5.41) is 5.38. The Balaban J connectivity index is 2.21. The quantitative estimate of drug-likeness (QED) is 0.696. The van der Waals surface area contributed by atoms with Gasteiger partial charge in [0.05, 0.1) is 36.9 Å². The smallest absolute Gasteiger partial charge is 0.139 e. The molecule has 0 radical (unpaired) electrons. The molecule has 3 aromatic rings. The second kappa shape index (κ2) is 4.03. The van der Waals surface area contributed by atoms with E-state index in [1.165, 1.54) is 0 Å². The predicted octanol–water partition coefficient (Wildman–Crippen LogP) is 2.01. The van der Waals surface area contributed by atoms with Gasteiger partial charge >= 0.3 is 0 Å². The predicted molar refractivity (Wildman–Crippen MR) is 69.8 cm³/mol. The van der Waals surface area contributed by atoms with Crippen LogP contribution >= 0.6 is 0 Å². The van der Waals surface area contributed by atoms with Gasteiger partial charge in [0.15, 0.2) is 0 Å². The molecular weight excluding hydrogens is 228 g/mol. The monoisotopic (exact) mass is 240 g/mol. The number of ether oxygens (including phenoxy) is 1. The van der Waals surface area contributed by atoms with E-state index >= 15 is 0 Å². The second-order valence-electron chi connectivity index (χ2n) is 3.96. The largest absolute Gasteiger partial charge is 0.495 e. The van der Waals surface area contributed by atoms with Crippen molar-refractivity contribution in [3.8, 4) is 11.4 Å². The molecule has 0 atom stereocenters. The summed E-state index contributed by atoms with van der Waals surface area (Å²) in [5.41, 5.74) is 8.30. The van der Waals surface area contributed by atoms with Crippen molar-refractivity contribution in [1.29, 1.82) is 0 Å². The molecule has 2 N–H and O–H groups in total. The van der Waals surface area contributed by atoms with Gasteiger partial charge in [0.1, 0.15) is 5.75 Å². The minimum absolute atomic E-state index is 0.694. The van der Waals surface area contributed by atoms with Crippen LogP contribution in [0.4, 0.5) is 5.69 Å². The van der Waals surface area contributed by atoms with Crippen molar-refractivity contribution in [3.05, 3.63) is 42.9 Å². The second-order valence-corrected chi connectivity index (χ2v) is 3.96. The molecule has 0 aliphatic carbocycles. The lowest BCUT2D eigenvalue weighted by Crippen LogP contribution is -1.98. The summed E-state index contributed by atoms with van der Waals surface area (Å²) in [6.45, 7) is 0. The van der Waals surface area contributed by atoms with Gasteiger partial charge in [0, 0.05) is 17.1 Å². The van der Waals surface area contributed by atoms with E-state index in [0.29, 0.717) is 11.4 Å². The molecule has 0 aliphatic rings. The van der Waals surface area contributed by atoms with Crippen molar-refractivity contribution in [1.82, 2.24) is 14.8 Å². The summed E-state index contributed by atoms with van der Waals surface area (Å²) < 4.78 is 6.95. The van der Waals surface area contributed by atoms with Crippen LogP contribution in [0.2, 0.25) is 0 Å². The SMILES string of the molecule is COc1cncc(-n2ncc3ccc(N)cc32)c1.